The van der Waals surface area contributed by atoms with E-state index in [1.165, 1.54) is 18.2 Å². The number of carbonyl (C=O) groups is 2. The number of carbonyl (C=O) groups excluding carboxylic acids is 1. The summed E-state index contributed by atoms with van der Waals surface area (Å²) in [6.45, 7) is 3.25. The third-order valence-electron chi connectivity index (χ3n) is 4.86. The Morgan fingerprint density at radius 3 is 2.39 bits per heavy atom. The van der Waals surface area contributed by atoms with Crippen LogP contribution in [-0.2, 0) is 0 Å². The highest BCUT2D eigenvalue weighted by Crippen LogP contribution is 2.31. The second-order valence-electron chi connectivity index (χ2n) is 6.80. The zero-order valence-corrected chi connectivity index (χ0v) is 15.5. The standard InChI is InChI=1S/C20H21N3O5/c1-13-5-6-15(20(25)26)11-16(13)21-19(24)14-7-8-17(18(12-14)23(27)28)22-9-3-2-4-10-22/h5-8,11-12H,2-4,9-10H2,1H3,(H,21,24)(H,25,26). The number of nitrogens with zero attached hydrogens (tertiary/aromatic N) is 2. The molecule has 2 N–H and O–H groups in total. The fourth-order valence-electron chi connectivity index (χ4n) is 3.30. The van der Waals surface area contributed by atoms with Crippen LogP contribution in [0.4, 0.5) is 17.1 Å². The lowest BCUT2D eigenvalue weighted by Gasteiger charge is -2.28. The van der Waals surface area contributed by atoms with Crippen LogP contribution in [0.15, 0.2) is 36.4 Å². The fourth-order valence-corrected chi connectivity index (χ4v) is 3.30. The van der Waals surface area contributed by atoms with E-state index in [1.54, 1.807) is 25.1 Å². The molecule has 0 aliphatic carbocycles. The highest BCUT2D eigenvalue weighted by molar-refractivity contribution is 6.06. The van der Waals surface area contributed by atoms with Crippen LogP contribution in [0.25, 0.3) is 0 Å². The Balaban J connectivity index is 1.88. The lowest BCUT2D eigenvalue weighted by Crippen LogP contribution is -2.30. The molecule has 0 unspecified atom stereocenters. The van der Waals surface area contributed by atoms with Crippen molar-refractivity contribution in [2.24, 2.45) is 0 Å². The number of nitro benzene ring substituents is 1. The minimum atomic E-state index is -1.10. The molecule has 0 bridgehead atoms. The van der Waals surface area contributed by atoms with E-state index >= 15 is 0 Å². The van der Waals surface area contributed by atoms with Crippen molar-refractivity contribution in [2.45, 2.75) is 26.2 Å². The van der Waals surface area contributed by atoms with Crippen molar-refractivity contribution < 1.29 is 19.6 Å². The van der Waals surface area contributed by atoms with Crippen LogP contribution in [0.3, 0.4) is 0 Å². The van der Waals surface area contributed by atoms with Gasteiger partial charge in [-0.2, -0.15) is 0 Å². The number of piperidine rings is 1. The fraction of sp³-hybridized carbons (Fsp3) is 0.300. The minimum Gasteiger partial charge on any atom is -0.478 e. The van der Waals surface area contributed by atoms with Crippen molar-refractivity contribution in [3.05, 3.63) is 63.2 Å². The van der Waals surface area contributed by atoms with Crippen LogP contribution in [0.5, 0.6) is 0 Å². The number of hydrogen-bond acceptors (Lipinski definition) is 5. The van der Waals surface area contributed by atoms with Crippen molar-refractivity contribution in [1.82, 2.24) is 0 Å². The number of carboxylic acids is 1. The van der Waals surface area contributed by atoms with Gasteiger partial charge in [-0.15, -0.1) is 0 Å². The van der Waals surface area contributed by atoms with Crippen molar-refractivity contribution in [3.8, 4) is 0 Å². The van der Waals surface area contributed by atoms with Crippen molar-refractivity contribution in [1.29, 1.82) is 0 Å². The lowest BCUT2D eigenvalue weighted by atomic mass is 10.1. The van der Waals surface area contributed by atoms with E-state index in [0.29, 0.717) is 16.9 Å². The van der Waals surface area contributed by atoms with Gasteiger partial charge in [0.2, 0.25) is 0 Å². The van der Waals surface area contributed by atoms with Gasteiger partial charge in [0.1, 0.15) is 5.69 Å². The van der Waals surface area contributed by atoms with E-state index in [1.807, 2.05) is 4.90 Å². The van der Waals surface area contributed by atoms with Crippen molar-refractivity contribution in [2.75, 3.05) is 23.3 Å². The average Bonchev–Trinajstić information content (AvgIpc) is 2.69. The average molecular weight is 383 g/mol. The maximum atomic E-state index is 12.6. The van der Waals surface area contributed by atoms with E-state index in [2.05, 4.69) is 5.32 Å². The number of aryl methyl sites for hydroxylation is 1. The van der Waals surface area contributed by atoms with Crippen molar-refractivity contribution >= 4 is 28.9 Å². The quantitative estimate of drug-likeness (QED) is 0.599. The Labute approximate surface area is 161 Å². The highest BCUT2D eigenvalue weighted by Gasteiger charge is 2.23. The molecule has 3 rings (SSSR count). The van der Waals surface area contributed by atoms with Crippen molar-refractivity contribution in [3.63, 3.8) is 0 Å². The zero-order chi connectivity index (χ0) is 20.3. The second kappa shape index (κ2) is 8.08. The molecule has 0 atom stereocenters. The first kappa shape index (κ1) is 19.3. The summed E-state index contributed by atoms with van der Waals surface area (Å²) in [5, 5.41) is 23.3. The van der Waals surface area contributed by atoms with E-state index in [-0.39, 0.29) is 16.8 Å². The van der Waals surface area contributed by atoms with Gasteiger partial charge in [-0.25, -0.2) is 4.79 Å². The van der Waals surface area contributed by atoms with Crippen LogP contribution in [-0.4, -0.2) is 35.0 Å². The summed E-state index contributed by atoms with van der Waals surface area (Å²) in [6, 6.07) is 8.86. The zero-order valence-electron chi connectivity index (χ0n) is 15.5. The van der Waals surface area contributed by atoms with Gasteiger partial charge in [0, 0.05) is 30.4 Å². The second-order valence-corrected chi connectivity index (χ2v) is 6.80. The minimum absolute atomic E-state index is 0.0485. The molecule has 1 saturated heterocycles. The molecule has 1 aliphatic rings. The molecule has 1 fully saturated rings. The van der Waals surface area contributed by atoms with Gasteiger partial charge in [-0.3, -0.25) is 14.9 Å². The number of hydrogen-bond donors (Lipinski definition) is 2. The smallest absolute Gasteiger partial charge is 0.335 e. The van der Waals surface area contributed by atoms with Gasteiger partial charge < -0.3 is 15.3 Å². The summed E-state index contributed by atoms with van der Waals surface area (Å²) in [5.41, 5.74) is 1.65. The first-order valence-electron chi connectivity index (χ1n) is 9.05. The summed E-state index contributed by atoms with van der Waals surface area (Å²) in [6.07, 6.45) is 3.08. The summed E-state index contributed by atoms with van der Waals surface area (Å²) in [4.78, 5) is 36.8. The molecule has 2 aromatic rings. The Bertz CT molecular complexity index is 935. The van der Waals surface area contributed by atoms with Gasteiger partial charge in [0.25, 0.3) is 11.6 Å². The number of amides is 1. The molecule has 0 aromatic heterocycles. The molecule has 1 aliphatic heterocycles. The molecule has 8 heteroatoms. The van der Waals surface area contributed by atoms with Crippen LogP contribution in [0.1, 0.15) is 45.5 Å². The van der Waals surface area contributed by atoms with Crippen LogP contribution in [0.2, 0.25) is 0 Å². The predicted molar refractivity (Wildman–Crippen MR) is 105 cm³/mol. The van der Waals surface area contributed by atoms with Crippen LogP contribution < -0.4 is 10.2 Å². The summed E-state index contributed by atoms with van der Waals surface area (Å²) >= 11 is 0. The molecule has 1 amide bonds. The van der Waals surface area contributed by atoms with Crippen LogP contribution >= 0.6 is 0 Å². The molecule has 0 radical (unpaired) electrons. The maximum absolute atomic E-state index is 12.6. The van der Waals surface area contributed by atoms with E-state index < -0.39 is 16.8 Å². The molecule has 146 valence electrons. The Morgan fingerprint density at radius 1 is 1.07 bits per heavy atom. The Kier molecular flexibility index (Phi) is 5.58. The van der Waals surface area contributed by atoms with Gasteiger partial charge in [0.05, 0.1) is 10.5 Å². The van der Waals surface area contributed by atoms with Gasteiger partial charge in [-0.05, 0) is 56.0 Å². The molecule has 0 saturated carbocycles. The number of aromatic carboxylic acids is 1. The number of carboxylic acid groups (broad SMARTS) is 1. The predicted octanol–water partition coefficient (Wildman–Crippen LogP) is 3.84. The monoisotopic (exact) mass is 383 g/mol. The van der Waals surface area contributed by atoms with E-state index in [9.17, 15) is 19.7 Å². The van der Waals surface area contributed by atoms with E-state index in [4.69, 9.17) is 5.11 Å². The third-order valence-corrected chi connectivity index (χ3v) is 4.86. The lowest BCUT2D eigenvalue weighted by molar-refractivity contribution is -0.384. The number of nitro groups is 1. The number of rotatable bonds is 5. The maximum Gasteiger partial charge on any atom is 0.335 e. The molecule has 0 spiro atoms. The summed E-state index contributed by atoms with van der Waals surface area (Å²) < 4.78 is 0. The van der Waals surface area contributed by atoms with Gasteiger partial charge >= 0.3 is 5.97 Å². The summed E-state index contributed by atoms with van der Waals surface area (Å²) in [7, 11) is 0. The topological polar surface area (TPSA) is 113 Å². The molecular weight excluding hydrogens is 362 g/mol. The SMILES string of the molecule is Cc1ccc(C(=O)O)cc1NC(=O)c1ccc(N2CCCCC2)c([N+](=O)[O-])c1. The van der Waals surface area contributed by atoms with Gasteiger partial charge in [0.15, 0.2) is 0 Å². The number of anilines is 2. The molecular formula is C20H21N3O5. The van der Waals surface area contributed by atoms with E-state index in [0.717, 1.165) is 32.4 Å². The van der Waals surface area contributed by atoms with Gasteiger partial charge in [-0.1, -0.05) is 6.07 Å². The number of benzene rings is 2. The summed E-state index contributed by atoms with van der Waals surface area (Å²) in [5.74, 6) is -1.63. The third kappa shape index (κ3) is 4.11. The Hall–Kier alpha value is -3.42. The Morgan fingerprint density at radius 2 is 1.75 bits per heavy atom. The molecule has 2 aromatic carbocycles. The highest BCUT2D eigenvalue weighted by atomic mass is 16.6. The first-order valence-corrected chi connectivity index (χ1v) is 9.05. The normalized spacial score (nSPS) is 13.8. The molecule has 28 heavy (non-hydrogen) atoms. The number of nitrogens with one attached hydrogen (secondary N) is 1. The molecule has 8 nitrogen and oxygen atoms in total. The molecule has 1 heterocycles. The van der Waals surface area contributed by atoms with Crippen LogP contribution in [0, 0.1) is 17.0 Å². The first-order chi connectivity index (χ1) is 13.4. The largest absolute Gasteiger partial charge is 0.478 e.